The second kappa shape index (κ2) is 10.5. The van der Waals surface area contributed by atoms with Gasteiger partial charge in [-0.15, -0.1) is 0 Å². The molecule has 8 nitrogen and oxygen atoms in total. The van der Waals surface area contributed by atoms with Crippen molar-refractivity contribution in [1.82, 2.24) is 10.2 Å². The minimum Gasteiger partial charge on any atom is -0.444 e. The highest BCUT2D eigenvalue weighted by Crippen LogP contribution is 2.43. The first-order valence-corrected chi connectivity index (χ1v) is 12.0. The van der Waals surface area contributed by atoms with Crippen LogP contribution in [0, 0.1) is 11.8 Å². The maximum atomic E-state index is 13.7. The van der Waals surface area contributed by atoms with Gasteiger partial charge in [0.05, 0.1) is 9.50 Å². The molecule has 0 aliphatic carbocycles. The molecule has 2 amide bonds. The molecule has 0 aromatic heterocycles. The van der Waals surface area contributed by atoms with Crippen LogP contribution in [0.15, 0.2) is 9.47 Å². The molecule has 0 aromatic carbocycles. The van der Waals surface area contributed by atoms with Crippen LogP contribution in [0.1, 0.15) is 41.0 Å². The Hall–Kier alpha value is -0.680. The molecule has 0 radical (unpaired) electrons. The molecule has 0 bridgehead atoms. The van der Waals surface area contributed by atoms with Crippen molar-refractivity contribution in [1.29, 1.82) is 0 Å². The van der Waals surface area contributed by atoms with Crippen molar-refractivity contribution in [3.8, 4) is 0 Å². The van der Waals surface area contributed by atoms with Gasteiger partial charge in [0.25, 0.3) is 0 Å². The SMILES string of the molecule is COC1(OC)CO[C@@H]2C(C=C(Br)Br)CN(C(=O)C(CC(C)C)NC(=O)OC(C)(C)C)[C@@H]21. The quantitative estimate of drug-likeness (QED) is 0.470. The van der Waals surface area contributed by atoms with Gasteiger partial charge in [0.15, 0.2) is 0 Å². The van der Waals surface area contributed by atoms with Crippen LogP contribution in [0.25, 0.3) is 0 Å². The van der Waals surface area contributed by atoms with E-state index in [-0.39, 0.29) is 30.5 Å². The zero-order chi connectivity index (χ0) is 23.6. The number of amides is 2. The molecule has 178 valence electrons. The minimum atomic E-state index is -1.07. The third-order valence-electron chi connectivity index (χ3n) is 5.41. The second-order valence-electron chi connectivity index (χ2n) is 9.38. The normalized spacial score (nSPS) is 25.9. The first-order chi connectivity index (χ1) is 14.3. The summed E-state index contributed by atoms with van der Waals surface area (Å²) in [6, 6.07) is -1.19. The fourth-order valence-electron chi connectivity index (χ4n) is 4.18. The zero-order valence-electron chi connectivity index (χ0n) is 19.2. The Bertz CT molecular complexity index is 686. The first-order valence-electron chi connectivity index (χ1n) is 10.4. The van der Waals surface area contributed by atoms with E-state index in [1.54, 1.807) is 39.9 Å². The predicted octanol–water partition coefficient (Wildman–Crippen LogP) is 3.77. The number of nitrogens with zero attached hydrogens (tertiary/aromatic N) is 1. The molecule has 31 heavy (non-hydrogen) atoms. The molecular weight excluding hydrogens is 536 g/mol. The molecule has 0 spiro atoms. The Labute approximate surface area is 201 Å². The summed E-state index contributed by atoms with van der Waals surface area (Å²) in [4.78, 5) is 27.9. The summed E-state index contributed by atoms with van der Waals surface area (Å²) >= 11 is 6.81. The van der Waals surface area contributed by atoms with Gasteiger partial charge in [-0.25, -0.2) is 4.79 Å². The van der Waals surface area contributed by atoms with E-state index in [2.05, 4.69) is 37.2 Å². The fraction of sp³-hybridized carbons (Fsp3) is 0.810. The molecule has 2 rings (SSSR count). The molecule has 0 aromatic rings. The van der Waals surface area contributed by atoms with E-state index in [1.807, 2.05) is 19.9 Å². The van der Waals surface area contributed by atoms with E-state index < -0.39 is 29.6 Å². The van der Waals surface area contributed by atoms with Gasteiger partial charge in [0.2, 0.25) is 11.7 Å². The van der Waals surface area contributed by atoms with E-state index in [0.29, 0.717) is 13.0 Å². The lowest BCUT2D eigenvalue weighted by Crippen LogP contribution is -2.59. The number of carbonyl (C=O) groups excluding carboxylic acids is 2. The smallest absolute Gasteiger partial charge is 0.408 e. The molecule has 10 heteroatoms. The van der Waals surface area contributed by atoms with Crippen LogP contribution in [0.5, 0.6) is 0 Å². The largest absolute Gasteiger partial charge is 0.444 e. The molecular formula is C21H34Br2N2O6. The first kappa shape index (κ1) is 26.6. The van der Waals surface area contributed by atoms with Gasteiger partial charge in [-0.1, -0.05) is 19.9 Å². The van der Waals surface area contributed by atoms with E-state index in [1.165, 1.54) is 0 Å². The van der Waals surface area contributed by atoms with Crippen LogP contribution < -0.4 is 5.32 Å². The van der Waals surface area contributed by atoms with Crippen LogP contribution in [0.4, 0.5) is 4.79 Å². The third kappa shape index (κ3) is 6.43. The number of halogens is 2. The van der Waals surface area contributed by atoms with Crippen molar-refractivity contribution in [3.05, 3.63) is 9.47 Å². The van der Waals surface area contributed by atoms with Gasteiger partial charge in [-0.2, -0.15) is 0 Å². The van der Waals surface area contributed by atoms with Gasteiger partial charge in [0.1, 0.15) is 24.3 Å². The molecule has 1 N–H and O–H groups in total. The maximum Gasteiger partial charge on any atom is 0.408 e. The average Bonchev–Trinajstić information content (AvgIpc) is 3.17. The van der Waals surface area contributed by atoms with Crippen LogP contribution in [-0.4, -0.2) is 73.8 Å². The summed E-state index contributed by atoms with van der Waals surface area (Å²) in [6.45, 7) is 9.98. The Morgan fingerprint density at radius 2 is 1.87 bits per heavy atom. The molecule has 2 unspecified atom stereocenters. The van der Waals surface area contributed by atoms with Crippen molar-refractivity contribution in [2.75, 3.05) is 27.4 Å². The van der Waals surface area contributed by atoms with Gasteiger partial charge in [-0.05, 0) is 65.0 Å². The highest BCUT2D eigenvalue weighted by atomic mass is 79.9. The Morgan fingerprint density at radius 3 is 2.35 bits per heavy atom. The highest BCUT2D eigenvalue weighted by Gasteiger charge is 2.61. The van der Waals surface area contributed by atoms with Crippen molar-refractivity contribution in [2.24, 2.45) is 11.8 Å². The van der Waals surface area contributed by atoms with E-state index in [0.717, 1.165) is 3.39 Å². The van der Waals surface area contributed by atoms with E-state index >= 15 is 0 Å². The minimum absolute atomic E-state index is 0.0731. The average molecular weight is 570 g/mol. The predicted molar refractivity (Wildman–Crippen MR) is 124 cm³/mol. The molecule has 4 atom stereocenters. The summed E-state index contributed by atoms with van der Waals surface area (Å²) < 4.78 is 23.6. The topological polar surface area (TPSA) is 86.3 Å². The molecule has 2 fully saturated rings. The van der Waals surface area contributed by atoms with E-state index in [4.69, 9.17) is 18.9 Å². The lowest BCUT2D eigenvalue weighted by atomic mass is 9.98. The van der Waals surface area contributed by atoms with Crippen molar-refractivity contribution >= 4 is 43.9 Å². The number of nitrogens with one attached hydrogen (secondary N) is 1. The third-order valence-corrected chi connectivity index (χ3v) is 5.94. The molecule has 2 saturated heterocycles. The zero-order valence-corrected chi connectivity index (χ0v) is 22.4. The van der Waals surface area contributed by atoms with Crippen LogP contribution in [-0.2, 0) is 23.7 Å². The molecule has 2 aliphatic heterocycles. The van der Waals surface area contributed by atoms with Crippen LogP contribution in [0.3, 0.4) is 0 Å². The number of alkyl carbamates (subject to hydrolysis) is 1. The standard InChI is InChI=1S/C21H34Br2N2O6/c1-12(2)8-14(24-19(27)31-20(3,4)5)18(26)25-10-13(9-15(22)23)16-17(25)21(28-6,29-7)11-30-16/h9,12-14,16-17H,8,10-11H2,1-7H3,(H,24,27)/t13?,14?,16-,17+/m1/s1. The van der Waals surface area contributed by atoms with Gasteiger partial charge >= 0.3 is 6.09 Å². The number of rotatable bonds is 7. The number of hydrogen-bond donors (Lipinski definition) is 1. The van der Waals surface area contributed by atoms with Crippen molar-refractivity contribution < 1.29 is 28.5 Å². The van der Waals surface area contributed by atoms with Crippen molar-refractivity contribution in [2.45, 2.75) is 70.6 Å². The fourth-order valence-corrected chi connectivity index (χ4v) is 4.86. The number of likely N-dealkylation sites (tertiary alicyclic amines) is 1. The van der Waals surface area contributed by atoms with Gasteiger partial charge in [-0.3, -0.25) is 4.79 Å². The van der Waals surface area contributed by atoms with Gasteiger partial charge in [0, 0.05) is 26.7 Å². The number of methoxy groups -OCH3 is 2. The molecule has 0 saturated carbocycles. The summed E-state index contributed by atoms with van der Waals surface area (Å²) in [5.74, 6) is -1.17. The second-order valence-corrected chi connectivity index (χ2v) is 12.2. The number of fused-ring (bicyclic) bond motifs is 1. The molecule has 2 heterocycles. The lowest BCUT2D eigenvalue weighted by molar-refractivity contribution is -0.227. The Morgan fingerprint density at radius 1 is 1.26 bits per heavy atom. The summed E-state index contributed by atoms with van der Waals surface area (Å²) in [5, 5.41) is 2.77. The monoisotopic (exact) mass is 568 g/mol. The van der Waals surface area contributed by atoms with Crippen LogP contribution >= 0.6 is 31.9 Å². The highest BCUT2D eigenvalue weighted by molar-refractivity contribution is 9.28. The van der Waals surface area contributed by atoms with Crippen molar-refractivity contribution in [3.63, 3.8) is 0 Å². The molecule has 2 aliphatic rings. The number of ether oxygens (including phenoxy) is 4. The number of hydrogen-bond acceptors (Lipinski definition) is 6. The summed E-state index contributed by atoms with van der Waals surface area (Å²) in [5.41, 5.74) is -0.660. The Balaban J connectivity index is 2.34. The summed E-state index contributed by atoms with van der Waals surface area (Å²) in [6.07, 6.45) is 1.53. The number of carbonyl (C=O) groups is 2. The van der Waals surface area contributed by atoms with Gasteiger partial charge < -0.3 is 29.2 Å². The van der Waals surface area contributed by atoms with E-state index in [9.17, 15) is 9.59 Å². The maximum absolute atomic E-state index is 13.7. The Kier molecular flexibility index (Phi) is 9.00. The lowest BCUT2D eigenvalue weighted by Gasteiger charge is -2.37. The van der Waals surface area contributed by atoms with Crippen LogP contribution in [0.2, 0.25) is 0 Å². The summed E-state index contributed by atoms with van der Waals surface area (Å²) in [7, 11) is 3.10.